The molecule has 1 aromatic heterocycles. The van der Waals surface area contributed by atoms with Crippen molar-refractivity contribution in [1.82, 2.24) is 19.6 Å². The number of fused-ring (bicyclic) bond motifs is 1. The zero-order valence-corrected chi connectivity index (χ0v) is 22.2. The van der Waals surface area contributed by atoms with E-state index < -0.39 is 53.5 Å². The number of quaternary nitrogens is 1. The number of carboxylic acid groups (broad SMARTS) is 1. The van der Waals surface area contributed by atoms with Gasteiger partial charge in [0.1, 0.15) is 17.5 Å². The van der Waals surface area contributed by atoms with E-state index in [1.807, 2.05) is 14.1 Å². The monoisotopic (exact) mass is 563 g/mol. The van der Waals surface area contributed by atoms with Crippen molar-refractivity contribution in [3.05, 3.63) is 29.2 Å². The minimum atomic E-state index is -1.54. The number of nitriles is 1. The first-order chi connectivity index (χ1) is 17.9. The van der Waals surface area contributed by atoms with Crippen LogP contribution in [0, 0.1) is 11.3 Å². The summed E-state index contributed by atoms with van der Waals surface area (Å²) in [5, 5.41) is 26.1. The molecule has 5 N–H and O–H groups in total. The summed E-state index contributed by atoms with van der Waals surface area (Å²) in [6.07, 6.45) is 3.29. The molecule has 2 aliphatic rings. The van der Waals surface area contributed by atoms with Crippen molar-refractivity contribution in [2.45, 2.75) is 24.4 Å². The van der Waals surface area contributed by atoms with Crippen LogP contribution in [0.5, 0.6) is 0 Å². The van der Waals surface area contributed by atoms with E-state index in [9.17, 15) is 24.3 Å². The van der Waals surface area contributed by atoms with Crippen LogP contribution in [0.1, 0.15) is 12.7 Å². The third kappa shape index (κ3) is 5.93. The average Bonchev–Trinajstić information content (AvgIpc) is 3.29. The number of nitrogens with zero attached hydrogens (tertiary/aromatic N) is 6. The number of carbonyl (C=O) groups excluding carboxylic acids is 4. The van der Waals surface area contributed by atoms with Gasteiger partial charge in [0, 0.05) is 17.3 Å². The Morgan fingerprint density at radius 1 is 1.45 bits per heavy atom. The van der Waals surface area contributed by atoms with Gasteiger partial charge in [-0.15, -0.1) is 11.8 Å². The van der Waals surface area contributed by atoms with Crippen LogP contribution in [0.4, 0.5) is 5.13 Å². The molecule has 0 saturated carbocycles. The lowest BCUT2D eigenvalue weighted by atomic mass is 10.0. The smallest absolute Gasteiger partial charge is 0.278 e. The Balaban J connectivity index is 1.77. The van der Waals surface area contributed by atoms with Gasteiger partial charge in [-0.25, -0.2) is 0 Å². The number of aliphatic carboxylic acids is 1. The molecule has 1 aromatic rings. The number of amides is 3. The summed E-state index contributed by atoms with van der Waals surface area (Å²) in [6.45, 7) is 1.62. The zero-order chi connectivity index (χ0) is 28.2. The highest BCUT2D eigenvalue weighted by Gasteiger charge is 2.53. The number of hydrogen-bond acceptors (Lipinski definition) is 13. The van der Waals surface area contributed by atoms with E-state index in [4.69, 9.17) is 21.6 Å². The maximum atomic E-state index is 12.9. The summed E-state index contributed by atoms with van der Waals surface area (Å²) in [5.74, 6) is -3.48. The summed E-state index contributed by atoms with van der Waals surface area (Å²) >= 11 is 2.05. The number of thioether (sulfide) groups is 1. The number of nitrogen functional groups attached to an aromatic ring is 1. The van der Waals surface area contributed by atoms with Crippen molar-refractivity contribution in [2.75, 3.05) is 38.7 Å². The predicted octanol–water partition coefficient (Wildman–Crippen LogP) is -2.73. The van der Waals surface area contributed by atoms with E-state index in [-0.39, 0.29) is 26.9 Å². The molecule has 3 atom stereocenters. The fourth-order valence-electron chi connectivity index (χ4n) is 3.58. The van der Waals surface area contributed by atoms with Crippen LogP contribution in [-0.4, -0.2) is 98.6 Å². The third-order valence-corrected chi connectivity index (χ3v) is 7.83. The number of aromatic nitrogens is 2. The third-order valence-electron chi connectivity index (χ3n) is 5.99. The predicted molar refractivity (Wildman–Crippen MR) is 134 cm³/mol. The van der Waals surface area contributed by atoms with Gasteiger partial charge in [0.15, 0.2) is 11.2 Å². The van der Waals surface area contributed by atoms with E-state index in [0.29, 0.717) is 12.1 Å². The molecule has 17 heteroatoms. The van der Waals surface area contributed by atoms with E-state index in [1.165, 1.54) is 11.8 Å². The van der Waals surface area contributed by atoms with Gasteiger partial charge in [0.2, 0.25) is 18.1 Å². The highest BCUT2D eigenvalue weighted by Crippen LogP contribution is 2.40. The van der Waals surface area contributed by atoms with Gasteiger partial charge >= 0.3 is 0 Å². The van der Waals surface area contributed by atoms with Gasteiger partial charge in [0.25, 0.3) is 17.7 Å². The van der Waals surface area contributed by atoms with Crippen molar-refractivity contribution in [2.24, 2.45) is 10.9 Å². The molecule has 0 aromatic carbocycles. The molecular weight excluding hydrogens is 538 g/mol. The molecule has 0 radical (unpaired) electrons. The number of anilines is 1. The number of likely N-dealkylation sites (N-methyl/N-ethyl adjacent to an activating group) is 1. The average molecular weight is 564 g/mol. The van der Waals surface area contributed by atoms with Crippen molar-refractivity contribution in [3.63, 3.8) is 0 Å². The number of hydrogen-bond donors (Lipinski definition) is 3. The van der Waals surface area contributed by atoms with Crippen LogP contribution >= 0.6 is 23.3 Å². The number of β-lactam (4-membered cyclic amide) rings is 1. The number of nitrogens with two attached hydrogens (primary N) is 2. The minimum absolute atomic E-state index is 0.0603. The maximum absolute atomic E-state index is 12.9. The lowest BCUT2D eigenvalue weighted by Crippen LogP contribution is -2.71. The molecule has 1 fully saturated rings. The Bertz CT molecular complexity index is 1280. The fourth-order valence-corrected chi connectivity index (χ4v) is 5.33. The number of allylic oxidation sites excluding steroid dienone is 1. The first-order valence-corrected chi connectivity index (χ1v) is 12.9. The van der Waals surface area contributed by atoms with E-state index >= 15 is 0 Å². The number of oxime groups is 1. The topological polar surface area (TPSA) is 230 Å². The normalized spacial score (nSPS) is 20.4. The van der Waals surface area contributed by atoms with Crippen LogP contribution in [0.25, 0.3) is 0 Å². The summed E-state index contributed by atoms with van der Waals surface area (Å²) in [6, 6.07) is 0.148. The number of rotatable bonds is 11. The first kappa shape index (κ1) is 28.6. The lowest BCUT2D eigenvalue weighted by Gasteiger charge is -2.50. The van der Waals surface area contributed by atoms with Crippen molar-refractivity contribution < 1.29 is 33.6 Å². The molecule has 0 spiro atoms. The number of carboxylic acids is 1. The van der Waals surface area contributed by atoms with Gasteiger partial charge in [-0.1, -0.05) is 11.2 Å². The number of primary amides is 1. The summed E-state index contributed by atoms with van der Waals surface area (Å²) in [7, 11) is 3.62. The second-order valence-corrected chi connectivity index (χ2v) is 10.7. The number of nitrogens with one attached hydrogen (secondary N) is 1. The Hall–Kier alpha value is -4.01. The molecule has 3 amide bonds. The summed E-state index contributed by atoms with van der Waals surface area (Å²) in [5.41, 5.74) is 10.6. The van der Waals surface area contributed by atoms with Crippen LogP contribution in [-0.2, 0) is 24.0 Å². The second-order valence-electron chi connectivity index (χ2n) is 8.79. The quantitative estimate of drug-likeness (QED) is 0.0822. The fraction of sp³-hybridized carbons (Fsp3) is 0.429. The Labute approximate surface area is 225 Å². The van der Waals surface area contributed by atoms with Crippen LogP contribution in [0.2, 0.25) is 0 Å². The van der Waals surface area contributed by atoms with Crippen molar-refractivity contribution in [3.8, 4) is 6.07 Å². The maximum Gasteiger partial charge on any atom is 0.278 e. The van der Waals surface area contributed by atoms with Crippen LogP contribution in [0.15, 0.2) is 28.6 Å². The molecule has 15 nitrogen and oxygen atoms in total. The molecule has 0 aliphatic carbocycles. The Morgan fingerprint density at radius 3 is 2.74 bits per heavy atom. The highest BCUT2D eigenvalue weighted by molar-refractivity contribution is 8.00. The van der Waals surface area contributed by atoms with Gasteiger partial charge in [-0.2, -0.15) is 14.6 Å². The standard InChI is InChI=1S/C21H25N9O6S2/c1-10(15(23)31)30(2,3)7-4-5-11-9-37-19-13(18(33)29(19)14(11)20(34)35)25-17(32)12(27-36-8-6-22)16-26-21(24)38-28-16/h4-5,10,13,19H,7-9H2,1-3H3,(H5-,23,24,25,26,28,31,32,34,35)/b5-4+,27-12-/t10-,13-,19-/m0/s1. The van der Waals surface area contributed by atoms with Gasteiger partial charge in [0.05, 0.1) is 32.3 Å². The Morgan fingerprint density at radius 2 is 2.16 bits per heavy atom. The molecule has 0 unspecified atom stereocenters. The molecule has 3 rings (SSSR count). The van der Waals surface area contributed by atoms with Crippen molar-refractivity contribution in [1.29, 1.82) is 5.26 Å². The number of carbonyl (C=O) groups is 4. The van der Waals surface area contributed by atoms with E-state index in [2.05, 4.69) is 19.8 Å². The minimum Gasteiger partial charge on any atom is -0.543 e. The van der Waals surface area contributed by atoms with Crippen molar-refractivity contribution >= 4 is 57.8 Å². The van der Waals surface area contributed by atoms with Gasteiger partial charge < -0.3 is 36.0 Å². The SMILES string of the molecule is C[C@@H](C(N)=O)[N+](C)(C)C/C=C/C1=C(C(=O)[O-])N2C(=O)[C@H](NC(=O)/C(=N\OCC#N)c3nsc(N)n3)[C@@H]2SC1. The second kappa shape index (κ2) is 11.6. The molecule has 0 bridgehead atoms. The largest absolute Gasteiger partial charge is 0.543 e. The Kier molecular flexibility index (Phi) is 8.70. The van der Waals surface area contributed by atoms with E-state index in [0.717, 1.165) is 16.4 Å². The summed E-state index contributed by atoms with van der Waals surface area (Å²) in [4.78, 5) is 59.1. The summed E-state index contributed by atoms with van der Waals surface area (Å²) < 4.78 is 4.15. The lowest BCUT2D eigenvalue weighted by molar-refractivity contribution is -0.898. The molecule has 38 heavy (non-hydrogen) atoms. The van der Waals surface area contributed by atoms with Gasteiger partial charge in [-0.3, -0.25) is 19.3 Å². The van der Waals surface area contributed by atoms with Crippen LogP contribution < -0.4 is 21.9 Å². The zero-order valence-electron chi connectivity index (χ0n) is 20.6. The molecule has 202 valence electrons. The van der Waals surface area contributed by atoms with Gasteiger partial charge in [-0.05, 0) is 18.6 Å². The van der Waals surface area contributed by atoms with E-state index in [1.54, 1.807) is 25.1 Å². The highest BCUT2D eigenvalue weighted by atomic mass is 32.2. The molecule has 3 heterocycles. The first-order valence-electron chi connectivity index (χ1n) is 11.0. The molecular formula is C21H25N9O6S2. The van der Waals surface area contributed by atoms with Crippen LogP contribution in [0.3, 0.4) is 0 Å². The molecule has 2 aliphatic heterocycles. The molecule has 1 saturated heterocycles.